The van der Waals surface area contributed by atoms with Gasteiger partial charge in [0.2, 0.25) is 0 Å². The summed E-state index contributed by atoms with van der Waals surface area (Å²) in [5.41, 5.74) is 1.12. The minimum atomic E-state index is 0.692. The molecule has 0 bridgehead atoms. The van der Waals surface area contributed by atoms with Crippen LogP contribution in [-0.4, -0.2) is 13.1 Å². The molecule has 0 aliphatic carbocycles. The highest BCUT2D eigenvalue weighted by Gasteiger charge is 2.00. The Hall–Kier alpha value is -1.74. The molecule has 0 spiro atoms. The maximum absolute atomic E-state index is 4.54. The molecule has 1 heterocycles. The van der Waals surface area contributed by atoms with Gasteiger partial charge >= 0.3 is 0 Å². The SMILES string of the molecule is CC.CC1CC=c2ccccc2=NC1.CCCNc1ccccc1S. The molecule has 2 aromatic rings. The standard InChI is InChI=1S/C11H13N.C9H13NS.C2H6/c1-9-6-7-10-4-2-3-5-11(10)12-8-9;1-2-7-10-8-5-3-4-6-9(8)11;1-2/h2-5,7,9H,6,8H2,1H3;3-6,10-11H,2,7H2,1H3;1-2H3. The molecule has 0 fully saturated rings. The van der Waals surface area contributed by atoms with Gasteiger partial charge in [-0.1, -0.05) is 64.1 Å². The fourth-order valence-electron chi connectivity index (χ4n) is 2.34. The zero-order valence-electron chi connectivity index (χ0n) is 16.0. The summed E-state index contributed by atoms with van der Waals surface area (Å²) in [7, 11) is 0. The van der Waals surface area contributed by atoms with Gasteiger partial charge in [0.25, 0.3) is 0 Å². The van der Waals surface area contributed by atoms with E-state index in [-0.39, 0.29) is 0 Å². The van der Waals surface area contributed by atoms with E-state index in [0.717, 1.165) is 41.9 Å². The smallest absolute Gasteiger partial charge is 0.0643 e. The van der Waals surface area contributed by atoms with Crippen molar-refractivity contribution < 1.29 is 0 Å². The number of rotatable bonds is 3. The predicted molar refractivity (Wildman–Crippen MR) is 114 cm³/mol. The van der Waals surface area contributed by atoms with E-state index >= 15 is 0 Å². The number of thiol groups is 1. The van der Waals surface area contributed by atoms with Crippen LogP contribution in [0, 0.1) is 5.92 Å². The van der Waals surface area contributed by atoms with Crippen LogP contribution in [0.1, 0.15) is 40.5 Å². The Bertz CT molecular complexity index is 688. The van der Waals surface area contributed by atoms with Gasteiger partial charge in [0.15, 0.2) is 0 Å². The highest BCUT2D eigenvalue weighted by molar-refractivity contribution is 7.80. The molecule has 136 valence electrons. The Kier molecular flexibility index (Phi) is 10.7. The third-order valence-corrected chi connectivity index (χ3v) is 4.11. The quantitative estimate of drug-likeness (QED) is 0.747. The molecular weight excluding hydrogens is 324 g/mol. The van der Waals surface area contributed by atoms with Crippen LogP contribution in [0.25, 0.3) is 6.08 Å². The third kappa shape index (κ3) is 7.78. The topological polar surface area (TPSA) is 24.4 Å². The first-order valence-corrected chi connectivity index (χ1v) is 9.77. The van der Waals surface area contributed by atoms with Crippen molar-refractivity contribution in [1.29, 1.82) is 0 Å². The van der Waals surface area contributed by atoms with E-state index < -0.39 is 0 Å². The average molecular weight is 357 g/mol. The van der Waals surface area contributed by atoms with Crippen molar-refractivity contribution in [2.45, 2.75) is 45.4 Å². The van der Waals surface area contributed by atoms with Gasteiger partial charge in [0.05, 0.1) is 5.36 Å². The number of anilines is 1. The van der Waals surface area contributed by atoms with Crippen LogP contribution in [0.4, 0.5) is 5.69 Å². The van der Waals surface area contributed by atoms with Gasteiger partial charge in [0, 0.05) is 23.7 Å². The summed E-state index contributed by atoms with van der Waals surface area (Å²) in [6.07, 6.45) is 4.58. The molecule has 25 heavy (non-hydrogen) atoms. The lowest BCUT2D eigenvalue weighted by Gasteiger charge is -2.05. The summed E-state index contributed by atoms with van der Waals surface area (Å²) in [6.45, 7) is 10.4. The Morgan fingerprint density at radius 1 is 1.08 bits per heavy atom. The molecule has 2 nitrogen and oxygen atoms in total. The van der Waals surface area contributed by atoms with Crippen LogP contribution < -0.4 is 15.9 Å². The van der Waals surface area contributed by atoms with Crippen LogP contribution in [0.15, 0.2) is 58.4 Å². The summed E-state index contributed by atoms with van der Waals surface area (Å²) in [6, 6.07) is 16.4. The lowest BCUT2D eigenvalue weighted by atomic mass is 10.1. The predicted octanol–water partition coefficient (Wildman–Crippen LogP) is 4.95. The molecule has 0 aromatic heterocycles. The van der Waals surface area contributed by atoms with Gasteiger partial charge in [-0.15, -0.1) is 12.6 Å². The number of hydrogen-bond acceptors (Lipinski definition) is 3. The minimum Gasteiger partial charge on any atom is -0.384 e. The second kappa shape index (κ2) is 12.6. The van der Waals surface area contributed by atoms with E-state index in [2.05, 4.69) is 61.1 Å². The first kappa shape index (κ1) is 21.3. The fourth-order valence-corrected chi connectivity index (χ4v) is 2.58. The number of nitrogens with one attached hydrogen (secondary N) is 1. The van der Waals surface area contributed by atoms with E-state index in [4.69, 9.17) is 0 Å². The van der Waals surface area contributed by atoms with E-state index in [9.17, 15) is 0 Å². The highest BCUT2D eigenvalue weighted by atomic mass is 32.1. The van der Waals surface area contributed by atoms with E-state index in [1.165, 1.54) is 5.22 Å². The second-order valence-corrected chi connectivity index (χ2v) is 6.37. The van der Waals surface area contributed by atoms with E-state index in [1.807, 2.05) is 44.2 Å². The van der Waals surface area contributed by atoms with Gasteiger partial charge in [-0.2, -0.15) is 0 Å². The second-order valence-electron chi connectivity index (χ2n) is 5.89. The van der Waals surface area contributed by atoms with Gasteiger partial charge in [0.1, 0.15) is 0 Å². The molecule has 1 aliphatic heterocycles. The van der Waals surface area contributed by atoms with Gasteiger partial charge in [-0.3, -0.25) is 4.99 Å². The van der Waals surface area contributed by atoms with E-state index in [0.29, 0.717) is 5.92 Å². The van der Waals surface area contributed by atoms with Crippen molar-refractivity contribution in [3.63, 3.8) is 0 Å². The van der Waals surface area contributed by atoms with Crippen LogP contribution in [0.2, 0.25) is 0 Å². The number of nitrogens with zero attached hydrogens (tertiary/aromatic N) is 1. The summed E-state index contributed by atoms with van der Waals surface area (Å²) in [5, 5.41) is 5.73. The molecule has 0 saturated carbocycles. The Morgan fingerprint density at radius 3 is 2.48 bits per heavy atom. The maximum atomic E-state index is 4.54. The number of hydrogen-bond donors (Lipinski definition) is 2. The maximum Gasteiger partial charge on any atom is 0.0643 e. The van der Waals surface area contributed by atoms with Crippen molar-refractivity contribution in [2.24, 2.45) is 10.9 Å². The van der Waals surface area contributed by atoms with Crippen LogP contribution >= 0.6 is 12.6 Å². The fraction of sp³-hybridized carbons (Fsp3) is 0.409. The molecule has 0 radical (unpaired) electrons. The van der Waals surface area contributed by atoms with Gasteiger partial charge < -0.3 is 5.32 Å². The van der Waals surface area contributed by atoms with Crippen molar-refractivity contribution in [2.75, 3.05) is 18.4 Å². The Morgan fingerprint density at radius 2 is 1.76 bits per heavy atom. The average Bonchev–Trinajstić information content (AvgIpc) is 2.85. The lowest BCUT2D eigenvalue weighted by molar-refractivity contribution is 0.619. The molecular formula is C22H32N2S. The molecule has 1 N–H and O–H groups in total. The van der Waals surface area contributed by atoms with Gasteiger partial charge in [-0.25, -0.2) is 0 Å². The van der Waals surface area contributed by atoms with Crippen LogP contribution in [0.3, 0.4) is 0 Å². The first-order chi connectivity index (χ1) is 12.2. The summed E-state index contributed by atoms with van der Waals surface area (Å²) < 4.78 is 0. The Labute approximate surface area is 158 Å². The minimum absolute atomic E-state index is 0.692. The first-order valence-electron chi connectivity index (χ1n) is 9.32. The molecule has 1 aliphatic rings. The molecule has 2 aromatic carbocycles. The molecule has 1 unspecified atom stereocenters. The summed E-state index contributed by atoms with van der Waals surface area (Å²) in [4.78, 5) is 5.55. The molecule has 3 rings (SSSR count). The number of para-hydroxylation sites is 2. The molecule has 0 amide bonds. The normalized spacial score (nSPS) is 14.8. The van der Waals surface area contributed by atoms with Gasteiger partial charge in [-0.05, 0) is 42.2 Å². The summed E-state index contributed by atoms with van der Waals surface area (Å²) >= 11 is 4.31. The zero-order valence-corrected chi connectivity index (χ0v) is 16.9. The summed E-state index contributed by atoms with van der Waals surface area (Å²) in [5.74, 6) is 0.692. The number of benzene rings is 2. The van der Waals surface area contributed by atoms with Crippen LogP contribution in [0.5, 0.6) is 0 Å². The molecule has 1 atom stereocenters. The number of fused-ring (bicyclic) bond motifs is 1. The highest BCUT2D eigenvalue weighted by Crippen LogP contribution is 2.17. The van der Waals surface area contributed by atoms with Crippen molar-refractivity contribution in [1.82, 2.24) is 0 Å². The monoisotopic (exact) mass is 356 g/mol. The van der Waals surface area contributed by atoms with E-state index in [1.54, 1.807) is 0 Å². The van der Waals surface area contributed by atoms with Crippen molar-refractivity contribution in [3.05, 3.63) is 59.1 Å². The van der Waals surface area contributed by atoms with Crippen molar-refractivity contribution >= 4 is 24.4 Å². The lowest BCUT2D eigenvalue weighted by Crippen LogP contribution is -2.23. The third-order valence-electron chi connectivity index (χ3n) is 3.72. The van der Waals surface area contributed by atoms with Crippen molar-refractivity contribution in [3.8, 4) is 0 Å². The Balaban J connectivity index is 0.000000229. The largest absolute Gasteiger partial charge is 0.384 e. The van der Waals surface area contributed by atoms with Crippen LogP contribution in [-0.2, 0) is 0 Å². The molecule has 3 heteroatoms. The molecule has 0 saturated heterocycles. The zero-order chi connectivity index (χ0) is 18.5.